The van der Waals surface area contributed by atoms with Crippen LogP contribution < -0.4 is 9.47 Å². The lowest BCUT2D eigenvalue weighted by Crippen LogP contribution is -2.08. The highest BCUT2D eigenvalue weighted by molar-refractivity contribution is 5.45. The van der Waals surface area contributed by atoms with Crippen LogP contribution in [-0.4, -0.2) is 6.79 Å². The molecule has 16 heavy (non-hydrogen) atoms. The first kappa shape index (κ1) is 7.99. The van der Waals surface area contributed by atoms with Crippen LogP contribution in [0.25, 0.3) is 0 Å². The van der Waals surface area contributed by atoms with Gasteiger partial charge in [-0.3, -0.25) is 0 Å². The van der Waals surface area contributed by atoms with Crippen LogP contribution in [0.2, 0.25) is 0 Å². The summed E-state index contributed by atoms with van der Waals surface area (Å²) in [7, 11) is 0. The van der Waals surface area contributed by atoms with Gasteiger partial charge in [-0.2, -0.15) is 0 Å². The van der Waals surface area contributed by atoms with Gasteiger partial charge < -0.3 is 9.47 Å². The van der Waals surface area contributed by atoms with Gasteiger partial charge >= 0.3 is 0 Å². The number of hydrogen-bond acceptors (Lipinski definition) is 2. The Morgan fingerprint density at radius 2 is 2.06 bits per heavy atom. The van der Waals surface area contributed by atoms with E-state index in [2.05, 4.69) is 6.07 Å². The van der Waals surface area contributed by atoms with Crippen LogP contribution >= 0.6 is 0 Å². The molecule has 2 nitrogen and oxygen atoms in total. The summed E-state index contributed by atoms with van der Waals surface area (Å²) in [6, 6.07) is 4.63. The third-order valence-electron chi connectivity index (χ3n) is 4.45. The van der Waals surface area contributed by atoms with Crippen molar-refractivity contribution in [2.75, 3.05) is 6.79 Å². The molecule has 0 aromatic heterocycles. The van der Waals surface area contributed by atoms with Crippen molar-refractivity contribution in [2.24, 2.45) is 11.8 Å². The third-order valence-corrected chi connectivity index (χ3v) is 4.45. The van der Waals surface area contributed by atoms with E-state index in [9.17, 15) is 0 Å². The summed E-state index contributed by atoms with van der Waals surface area (Å²) in [5, 5.41) is 0. The van der Waals surface area contributed by atoms with Crippen molar-refractivity contribution in [1.29, 1.82) is 0 Å². The van der Waals surface area contributed by atoms with Crippen molar-refractivity contribution in [3.63, 3.8) is 0 Å². The maximum Gasteiger partial charge on any atom is 0.231 e. The molecule has 0 spiro atoms. The van der Waals surface area contributed by atoms with Gasteiger partial charge in [0.15, 0.2) is 11.5 Å². The Labute approximate surface area is 97.0 Å². The van der Waals surface area contributed by atoms with Gasteiger partial charge in [-0.05, 0) is 54.7 Å². The van der Waals surface area contributed by atoms with E-state index in [1.54, 1.807) is 0 Å². The summed E-state index contributed by atoms with van der Waals surface area (Å²) in [6.07, 6.45) is 5.40. The fourth-order valence-corrected chi connectivity index (χ4v) is 3.69. The summed E-state index contributed by atoms with van der Waals surface area (Å²) >= 11 is 0. The summed E-state index contributed by atoms with van der Waals surface area (Å²) < 4.78 is 19.0. The number of hydrogen-bond donors (Lipinski definition) is 0. The van der Waals surface area contributed by atoms with Gasteiger partial charge in [0.05, 0.1) is 1.37 Å². The Morgan fingerprint density at radius 3 is 2.88 bits per heavy atom. The normalized spacial score (nSPS) is 35.5. The maximum atomic E-state index is 8.27. The zero-order valence-corrected chi connectivity index (χ0v) is 9.24. The molecule has 2 aliphatic carbocycles. The summed E-state index contributed by atoms with van der Waals surface area (Å²) in [5.41, 5.74) is 1.18. The van der Waals surface area contributed by atoms with Crippen molar-refractivity contribution >= 4 is 0 Å². The van der Waals surface area contributed by atoms with Gasteiger partial charge in [-0.1, -0.05) is 12.5 Å². The molecule has 0 radical (unpaired) electrons. The van der Waals surface area contributed by atoms with Crippen LogP contribution in [0.4, 0.5) is 0 Å². The Hall–Kier alpha value is -1.18. The van der Waals surface area contributed by atoms with Crippen molar-refractivity contribution < 1.29 is 10.8 Å². The van der Waals surface area contributed by atoms with Gasteiger partial charge in [0.25, 0.3) is 0 Å². The van der Waals surface area contributed by atoms with Crippen molar-refractivity contribution in [1.82, 2.24) is 0 Å². The zero-order valence-electron chi connectivity index (χ0n) is 10.2. The highest BCUT2D eigenvalue weighted by atomic mass is 16.7. The van der Waals surface area contributed by atoms with Crippen molar-refractivity contribution in [2.45, 2.75) is 31.6 Å². The molecular weight excluding hydrogens is 200 g/mol. The quantitative estimate of drug-likeness (QED) is 0.718. The average Bonchev–Trinajstić information content (AvgIpc) is 3.05. The fraction of sp³-hybridized carbons (Fsp3) is 0.571. The molecular formula is C14H16O2. The van der Waals surface area contributed by atoms with Crippen LogP contribution in [0.5, 0.6) is 11.5 Å². The minimum Gasteiger partial charge on any atom is -0.454 e. The van der Waals surface area contributed by atoms with Crippen LogP contribution in [0.3, 0.4) is 0 Å². The molecule has 1 aliphatic heterocycles. The number of fused-ring (bicyclic) bond motifs is 3. The number of ether oxygens (including phenoxy) is 2. The average molecular weight is 217 g/mol. The van der Waals surface area contributed by atoms with E-state index in [-0.39, 0.29) is 6.79 Å². The molecule has 3 atom stereocenters. The first-order valence-corrected chi connectivity index (χ1v) is 6.22. The lowest BCUT2D eigenvalue weighted by atomic mass is 9.83. The Balaban J connectivity index is 1.75. The molecule has 3 aliphatic rings. The second kappa shape index (κ2) is 3.16. The van der Waals surface area contributed by atoms with E-state index in [1.165, 1.54) is 31.2 Å². The van der Waals surface area contributed by atoms with Crippen molar-refractivity contribution in [3.05, 3.63) is 23.7 Å². The molecule has 2 saturated carbocycles. The smallest absolute Gasteiger partial charge is 0.231 e. The lowest BCUT2D eigenvalue weighted by molar-refractivity contribution is 0.174. The van der Waals surface area contributed by atoms with E-state index in [0.717, 1.165) is 17.6 Å². The van der Waals surface area contributed by atoms with Crippen LogP contribution in [-0.2, 0) is 0 Å². The summed E-state index contributed by atoms with van der Waals surface area (Å²) in [6.45, 7) is 0.265. The first-order valence-electron chi connectivity index (χ1n) is 6.72. The highest BCUT2D eigenvalue weighted by Gasteiger charge is 2.40. The van der Waals surface area contributed by atoms with E-state index in [0.29, 0.717) is 17.7 Å². The van der Waals surface area contributed by atoms with Gasteiger partial charge in [0.2, 0.25) is 6.79 Å². The van der Waals surface area contributed by atoms with Gasteiger partial charge in [-0.15, -0.1) is 0 Å². The summed E-state index contributed by atoms with van der Waals surface area (Å²) in [4.78, 5) is 0. The standard InChI is InChI=1S/C14H16O2/c1-2-10-5-9(1)6-12(10)11-3-4-13-14(7-11)16-8-15-13/h3-4,7,9-10,12H,1-2,5-6,8H2/t9-,10+,12+/m0/s1/i7D. The molecule has 0 N–H and O–H groups in total. The van der Waals surface area contributed by atoms with Crippen LogP contribution in [0.1, 0.15) is 38.5 Å². The van der Waals surface area contributed by atoms with E-state index in [1.807, 2.05) is 6.07 Å². The largest absolute Gasteiger partial charge is 0.454 e. The predicted octanol–water partition coefficient (Wildman–Crippen LogP) is 3.32. The molecule has 1 heterocycles. The van der Waals surface area contributed by atoms with Crippen molar-refractivity contribution in [3.8, 4) is 11.5 Å². The SMILES string of the molecule is [2H]c1c([C@@H]2C[C@H]3CC[C@@H]2C3)ccc2c1OCO2. The van der Waals surface area contributed by atoms with E-state index >= 15 is 0 Å². The zero-order chi connectivity index (χ0) is 11.4. The molecule has 1 aromatic carbocycles. The van der Waals surface area contributed by atoms with E-state index in [4.69, 9.17) is 10.8 Å². The van der Waals surface area contributed by atoms with Crippen LogP contribution in [0.15, 0.2) is 18.2 Å². The monoisotopic (exact) mass is 217 g/mol. The Kier molecular flexibility index (Phi) is 1.58. The van der Waals surface area contributed by atoms with E-state index < -0.39 is 0 Å². The van der Waals surface area contributed by atoms with Gasteiger partial charge in [0, 0.05) is 0 Å². The molecule has 4 rings (SSSR count). The fourth-order valence-electron chi connectivity index (χ4n) is 3.69. The lowest BCUT2D eigenvalue weighted by Gasteiger charge is -2.22. The topological polar surface area (TPSA) is 18.5 Å². The molecule has 2 heteroatoms. The van der Waals surface area contributed by atoms with Gasteiger partial charge in [0.1, 0.15) is 0 Å². The third kappa shape index (κ3) is 1.19. The number of rotatable bonds is 1. The summed E-state index contributed by atoms with van der Waals surface area (Å²) in [5.74, 6) is 3.71. The Morgan fingerprint density at radius 1 is 1.12 bits per heavy atom. The molecule has 2 bridgehead atoms. The first-order chi connectivity index (χ1) is 8.33. The maximum absolute atomic E-state index is 8.27. The molecule has 0 amide bonds. The molecule has 0 saturated heterocycles. The predicted molar refractivity (Wildman–Crippen MR) is 60.8 cm³/mol. The molecule has 84 valence electrons. The minimum atomic E-state index is 0.265. The molecule has 2 fully saturated rings. The highest BCUT2D eigenvalue weighted by Crippen LogP contribution is 2.53. The molecule has 1 aromatic rings. The van der Waals surface area contributed by atoms with Gasteiger partial charge in [-0.25, -0.2) is 0 Å². The second-order valence-electron chi connectivity index (χ2n) is 5.29. The second-order valence-corrected chi connectivity index (χ2v) is 5.29. The molecule has 0 unspecified atom stereocenters. The Bertz CT molecular complexity index is 472. The van der Waals surface area contributed by atoms with Crippen LogP contribution in [0, 0.1) is 11.8 Å². The number of benzene rings is 1. The minimum absolute atomic E-state index is 0.265.